The molecule has 1 aliphatic heterocycles. The Morgan fingerprint density at radius 1 is 1.62 bits per heavy atom. The zero-order valence-corrected chi connectivity index (χ0v) is 8.39. The van der Waals surface area contributed by atoms with Crippen LogP contribution >= 0.6 is 0 Å². The van der Waals surface area contributed by atoms with E-state index in [0.29, 0.717) is 18.6 Å². The third-order valence-corrected chi connectivity index (χ3v) is 4.29. The second-order valence-corrected chi connectivity index (χ2v) is 5.80. The summed E-state index contributed by atoms with van der Waals surface area (Å²) in [7, 11) is -2.80. The minimum atomic E-state index is -2.80. The van der Waals surface area contributed by atoms with Crippen molar-refractivity contribution in [1.82, 2.24) is 0 Å². The van der Waals surface area contributed by atoms with E-state index >= 15 is 0 Å². The molecule has 13 heavy (non-hydrogen) atoms. The summed E-state index contributed by atoms with van der Waals surface area (Å²) in [5, 5.41) is 0. The highest BCUT2D eigenvalue weighted by molar-refractivity contribution is 7.91. The number of sulfone groups is 1. The molecule has 0 amide bonds. The van der Waals surface area contributed by atoms with E-state index in [4.69, 9.17) is 12.2 Å². The van der Waals surface area contributed by atoms with Crippen molar-refractivity contribution >= 4 is 9.84 Å². The first-order chi connectivity index (χ1) is 6.05. The smallest absolute Gasteiger partial charge is 0.150 e. The van der Waals surface area contributed by atoms with Crippen molar-refractivity contribution in [2.24, 2.45) is 11.7 Å². The van der Waals surface area contributed by atoms with Crippen LogP contribution in [0.3, 0.4) is 0 Å². The molecule has 4 heteroatoms. The van der Waals surface area contributed by atoms with Crippen molar-refractivity contribution < 1.29 is 8.42 Å². The summed E-state index contributed by atoms with van der Waals surface area (Å²) in [4.78, 5) is 0. The van der Waals surface area contributed by atoms with Crippen LogP contribution in [0.15, 0.2) is 0 Å². The van der Waals surface area contributed by atoms with Gasteiger partial charge >= 0.3 is 0 Å². The number of nitrogens with two attached hydrogens (primary N) is 1. The Hall–Kier alpha value is -0.530. The quantitative estimate of drug-likeness (QED) is 0.662. The van der Waals surface area contributed by atoms with Gasteiger partial charge in [-0.15, -0.1) is 12.3 Å². The molecule has 3 nitrogen and oxygen atoms in total. The van der Waals surface area contributed by atoms with E-state index in [2.05, 4.69) is 5.92 Å². The average Bonchev–Trinajstić information content (AvgIpc) is 2.42. The van der Waals surface area contributed by atoms with Crippen LogP contribution in [-0.4, -0.2) is 26.0 Å². The minimum absolute atomic E-state index is 0.0478. The van der Waals surface area contributed by atoms with Crippen molar-refractivity contribution in [2.75, 3.05) is 11.5 Å². The molecule has 1 rings (SSSR count). The van der Waals surface area contributed by atoms with E-state index in [0.717, 1.165) is 6.42 Å². The number of rotatable bonds is 3. The van der Waals surface area contributed by atoms with Gasteiger partial charge < -0.3 is 5.73 Å². The Balaban J connectivity index is 2.43. The largest absolute Gasteiger partial charge is 0.327 e. The first kappa shape index (κ1) is 10.6. The molecular formula is C9H15NO2S. The lowest BCUT2D eigenvalue weighted by molar-refractivity contribution is 0.443. The van der Waals surface area contributed by atoms with Crippen LogP contribution in [0, 0.1) is 18.3 Å². The van der Waals surface area contributed by atoms with Crippen molar-refractivity contribution in [3.8, 4) is 12.3 Å². The molecule has 0 aromatic carbocycles. The summed E-state index contributed by atoms with van der Waals surface area (Å²) in [5.74, 6) is 3.18. The molecule has 2 N–H and O–H groups in total. The molecule has 0 aromatic rings. The summed E-state index contributed by atoms with van der Waals surface area (Å²) in [6, 6.07) is -0.0478. The fraction of sp³-hybridized carbons (Fsp3) is 0.778. The average molecular weight is 201 g/mol. The molecule has 1 aliphatic rings. The second-order valence-electron chi connectivity index (χ2n) is 3.57. The zero-order valence-electron chi connectivity index (χ0n) is 7.57. The molecule has 2 atom stereocenters. The maximum atomic E-state index is 11.1. The molecule has 74 valence electrons. The molecule has 1 fully saturated rings. The van der Waals surface area contributed by atoms with Crippen molar-refractivity contribution in [1.29, 1.82) is 0 Å². The maximum Gasteiger partial charge on any atom is 0.150 e. The van der Waals surface area contributed by atoms with Gasteiger partial charge in [0.15, 0.2) is 9.84 Å². The van der Waals surface area contributed by atoms with E-state index in [1.807, 2.05) is 0 Å². The highest BCUT2D eigenvalue weighted by Gasteiger charge is 2.31. The standard InChI is InChI=1S/C9H15NO2S/c1-2-3-4-9(10)8-5-6-13(11,12)7-8/h1,8-9H,3-7,10H2. The molecule has 0 spiro atoms. The predicted molar refractivity (Wildman–Crippen MR) is 52.8 cm³/mol. The van der Waals surface area contributed by atoms with Gasteiger partial charge in [0.1, 0.15) is 0 Å². The Kier molecular flexibility index (Phi) is 3.34. The van der Waals surface area contributed by atoms with Gasteiger partial charge in [0, 0.05) is 12.5 Å². The summed E-state index contributed by atoms with van der Waals surface area (Å²) < 4.78 is 22.2. The maximum absolute atomic E-state index is 11.1. The highest BCUT2D eigenvalue weighted by Crippen LogP contribution is 2.22. The monoisotopic (exact) mass is 201 g/mol. The van der Waals surface area contributed by atoms with Crippen LogP contribution in [0.2, 0.25) is 0 Å². The highest BCUT2D eigenvalue weighted by atomic mass is 32.2. The Morgan fingerprint density at radius 2 is 2.31 bits per heavy atom. The fourth-order valence-corrected chi connectivity index (χ4v) is 3.54. The summed E-state index contributed by atoms with van der Waals surface area (Å²) in [6.45, 7) is 0. The minimum Gasteiger partial charge on any atom is -0.327 e. The van der Waals surface area contributed by atoms with E-state index in [9.17, 15) is 8.42 Å². The van der Waals surface area contributed by atoms with Crippen LogP contribution in [0.25, 0.3) is 0 Å². The third kappa shape index (κ3) is 3.02. The Morgan fingerprint density at radius 3 is 2.77 bits per heavy atom. The van der Waals surface area contributed by atoms with Gasteiger partial charge in [-0.25, -0.2) is 8.42 Å². The van der Waals surface area contributed by atoms with Crippen LogP contribution in [-0.2, 0) is 9.84 Å². The van der Waals surface area contributed by atoms with Gasteiger partial charge in [-0.05, 0) is 18.8 Å². The van der Waals surface area contributed by atoms with Crippen LogP contribution in [0.5, 0.6) is 0 Å². The molecule has 1 saturated heterocycles. The van der Waals surface area contributed by atoms with E-state index in [-0.39, 0.29) is 17.7 Å². The molecule has 2 unspecified atom stereocenters. The molecule has 0 radical (unpaired) electrons. The van der Waals surface area contributed by atoms with Crippen LogP contribution in [0.1, 0.15) is 19.3 Å². The van der Waals surface area contributed by atoms with Gasteiger partial charge in [-0.3, -0.25) is 0 Å². The molecule has 0 bridgehead atoms. The number of terminal acetylenes is 1. The zero-order chi connectivity index (χ0) is 9.90. The first-order valence-electron chi connectivity index (χ1n) is 4.44. The topological polar surface area (TPSA) is 60.2 Å². The van der Waals surface area contributed by atoms with Gasteiger partial charge in [-0.2, -0.15) is 0 Å². The molecule has 1 heterocycles. The van der Waals surface area contributed by atoms with Crippen molar-refractivity contribution in [2.45, 2.75) is 25.3 Å². The molecular weight excluding hydrogens is 186 g/mol. The SMILES string of the molecule is C#CCCC(N)C1CCS(=O)(=O)C1. The Labute approximate surface area is 79.6 Å². The number of hydrogen-bond donors (Lipinski definition) is 1. The first-order valence-corrected chi connectivity index (χ1v) is 6.27. The van der Waals surface area contributed by atoms with Crippen molar-refractivity contribution in [3.63, 3.8) is 0 Å². The van der Waals surface area contributed by atoms with Crippen LogP contribution in [0.4, 0.5) is 0 Å². The van der Waals surface area contributed by atoms with Gasteiger partial charge in [0.05, 0.1) is 11.5 Å². The third-order valence-electron chi connectivity index (χ3n) is 2.50. The lowest BCUT2D eigenvalue weighted by Gasteiger charge is -2.15. The Bertz CT molecular complexity index is 302. The van der Waals surface area contributed by atoms with E-state index in [1.165, 1.54) is 0 Å². The molecule has 0 aliphatic carbocycles. The summed E-state index contributed by atoms with van der Waals surface area (Å²) in [5.41, 5.74) is 5.83. The van der Waals surface area contributed by atoms with Gasteiger partial charge in [0.25, 0.3) is 0 Å². The summed E-state index contributed by atoms with van der Waals surface area (Å²) >= 11 is 0. The lowest BCUT2D eigenvalue weighted by atomic mass is 9.96. The lowest BCUT2D eigenvalue weighted by Crippen LogP contribution is -2.30. The van der Waals surface area contributed by atoms with Gasteiger partial charge in [-0.1, -0.05) is 0 Å². The van der Waals surface area contributed by atoms with Crippen molar-refractivity contribution in [3.05, 3.63) is 0 Å². The normalized spacial score (nSPS) is 28.2. The van der Waals surface area contributed by atoms with E-state index in [1.54, 1.807) is 0 Å². The predicted octanol–water partition coefficient (Wildman–Crippen LogP) is 0.162. The summed E-state index contributed by atoms with van der Waals surface area (Å²) in [6.07, 6.45) is 7.18. The number of hydrogen-bond acceptors (Lipinski definition) is 3. The fourth-order valence-electron chi connectivity index (χ4n) is 1.65. The second kappa shape index (κ2) is 4.12. The van der Waals surface area contributed by atoms with Gasteiger partial charge in [0.2, 0.25) is 0 Å². The molecule has 0 aromatic heterocycles. The molecule has 0 saturated carbocycles. The van der Waals surface area contributed by atoms with E-state index < -0.39 is 9.84 Å². The van der Waals surface area contributed by atoms with Crippen LogP contribution < -0.4 is 5.73 Å².